The zero-order chi connectivity index (χ0) is 10.7. The van der Waals surface area contributed by atoms with Gasteiger partial charge in [0.05, 0.1) is 23.9 Å². The summed E-state index contributed by atoms with van der Waals surface area (Å²) in [5.74, 6) is -0.172. The summed E-state index contributed by atoms with van der Waals surface area (Å²) in [6, 6.07) is -0.110. The topological polar surface area (TPSA) is 78.0 Å². The number of carbonyl (C=O) groups is 1. The molecule has 1 saturated carbocycles. The number of aliphatic hydroxyl groups excluding tert-OH is 1. The first kappa shape index (κ1) is 10.2. The number of H-pyrrole nitrogens is 1. The highest BCUT2D eigenvalue weighted by atomic mass is 16.3. The van der Waals surface area contributed by atoms with Gasteiger partial charge in [-0.15, -0.1) is 0 Å². The zero-order valence-electron chi connectivity index (χ0n) is 8.44. The van der Waals surface area contributed by atoms with Crippen LogP contribution in [0.5, 0.6) is 0 Å². The van der Waals surface area contributed by atoms with Crippen LogP contribution in [0.25, 0.3) is 0 Å². The molecular formula is C10H15N3O2. The van der Waals surface area contributed by atoms with E-state index in [4.69, 9.17) is 0 Å². The molecule has 82 valence electrons. The SMILES string of the molecule is O=C(N[C@@H]1CCCC[C@H]1O)c1cn[nH]c1. The molecule has 0 aromatic carbocycles. The van der Waals surface area contributed by atoms with Crippen LogP contribution < -0.4 is 5.32 Å². The van der Waals surface area contributed by atoms with Crippen LogP contribution in [-0.2, 0) is 0 Å². The van der Waals surface area contributed by atoms with Crippen LogP contribution >= 0.6 is 0 Å². The molecule has 1 aromatic heterocycles. The van der Waals surface area contributed by atoms with Crippen molar-refractivity contribution < 1.29 is 9.90 Å². The van der Waals surface area contributed by atoms with Gasteiger partial charge in [-0.05, 0) is 12.8 Å². The average molecular weight is 209 g/mol. The Morgan fingerprint density at radius 1 is 1.53 bits per heavy atom. The van der Waals surface area contributed by atoms with Gasteiger partial charge in [-0.25, -0.2) is 0 Å². The van der Waals surface area contributed by atoms with Crippen molar-refractivity contribution in [2.45, 2.75) is 37.8 Å². The van der Waals surface area contributed by atoms with Gasteiger partial charge in [-0.3, -0.25) is 9.89 Å². The lowest BCUT2D eigenvalue weighted by atomic mass is 9.92. The van der Waals surface area contributed by atoms with Gasteiger partial charge in [-0.1, -0.05) is 12.8 Å². The predicted molar refractivity (Wildman–Crippen MR) is 54.3 cm³/mol. The van der Waals surface area contributed by atoms with Crippen molar-refractivity contribution in [3.05, 3.63) is 18.0 Å². The van der Waals surface area contributed by atoms with Crippen molar-refractivity contribution in [1.82, 2.24) is 15.5 Å². The van der Waals surface area contributed by atoms with Gasteiger partial charge in [0, 0.05) is 6.20 Å². The van der Waals surface area contributed by atoms with E-state index in [1.165, 1.54) is 6.20 Å². The highest BCUT2D eigenvalue weighted by molar-refractivity contribution is 5.93. The Hall–Kier alpha value is -1.36. The van der Waals surface area contributed by atoms with Crippen LogP contribution in [0.15, 0.2) is 12.4 Å². The van der Waals surface area contributed by atoms with Gasteiger partial charge in [-0.2, -0.15) is 5.10 Å². The summed E-state index contributed by atoms with van der Waals surface area (Å²) in [5, 5.41) is 18.8. The number of rotatable bonds is 2. The number of amides is 1. The highest BCUT2D eigenvalue weighted by Gasteiger charge is 2.24. The second-order valence-corrected chi connectivity index (χ2v) is 3.92. The van der Waals surface area contributed by atoms with Gasteiger partial charge in [0.25, 0.3) is 5.91 Å². The van der Waals surface area contributed by atoms with E-state index in [2.05, 4.69) is 15.5 Å². The molecular weight excluding hydrogens is 194 g/mol. The maximum Gasteiger partial charge on any atom is 0.254 e. The molecule has 1 aromatic rings. The number of aliphatic hydroxyl groups is 1. The summed E-state index contributed by atoms with van der Waals surface area (Å²) >= 11 is 0. The molecule has 5 nitrogen and oxygen atoms in total. The number of carbonyl (C=O) groups excluding carboxylic acids is 1. The Morgan fingerprint density at radius 2 is 2.33 bits per heavy atom. The Morgan fingerprint density at radius 3 is 3.00 bits per heavy atom. The largest absolute Gasteiger partial charge is 0.391 e. The first-order valence-electron chi connectivity index (χ1n) is 5.25. The zero-order valence-corrected chi connectivity index (χ0v) is 8.44. The van der Waals surface area contributed by atoms with Crippen LogP contribution in [0.4, 0.5) is 0 Å². The minimum absolute atomic E-state index is 0.110. The summed E-state index contributed by atoms with van der Waals surface area (Å²) in [6.07, 6.45) is 6.35. The number of nitrogens with one attached hydrogen (secondary N) is 2. The summed E-state index contributed by atoms with van der Waals surface area (Å²) in [5.41, 5.74) is 0.507. The van der Waals surface area contributed by atoms with Crippen molar-refractivity contribution in [3.8, 4) is 0 Å². The molecule has 0 spiro atoms. The van der Waals surface area contributed by atoms with Gasteiger partial charge < -0.3 is 10.4 Å². The molecule has 15 heavy (non-hydrogen) atoms. The predicted octanol–water partition coefficient (Wildman–Crippen LogP) is 0.443. The molecule has 1 aliphatic rings. The van der Waals surface area contributed by atoms with E-state index in [9.17, 15) is 9.90 Å². The molecule has 0 saturated heterocycles. The highest BCUT2D eigenvalue weighted by Crippen LogP contribution is 2.18. The Kier molecular flexibility index (Phi) is 3.01. The van der Waals surface area contributed by atoms with Gasteiger partial charge >= 0.3 is 0 Å². The lowest BCUT2D eigenvalue weighted by Gasteiger charge is -2.28. The van der Waals surface area contributed by atoms with E-state index in [1.54, 1.807) is 6.20 Å². The van der Waals surface area contributed by atoms with Crippen molar-refractivity contribution in [3.63, 3.8) is 0 Å². The number of nitrogens with zero attached hydrogens (tertiary/aromatic N) is 1. The molecule has 3 N–H and O–H groups in total. The molecule has 1 heterocycles. The van der Waals surface area contributed by atoms with Crippen LogP contribution in [0, 0.1) is 0 Å². The fourth-order valence-corrected chi connectivity index (χ4v) is 1.91. The smallest absolute Gasteiger partial charge is 0.254 e. The summed E-state index contributed by atoms with van der Waals surface area (Å²) in [6.45, 7) is 0. The molecule has 2 atom stereocenters. The van der Waals surface area contributed by atoms with Crippen LogP contribution in [0.1, 0.15) is 36.0 Å². The normalized spacial score (nSPS) is 26.2. The Bertz CT molecular complexity index is 323. The lowest BCUT2D eigenvalue weighted by Crippen LogP contribution is -2.44. The minimum atomic E-state index is -0.408. The summed E-state index contributed by atoms with van der Waals surface area (Å²) < 4.78 is 0. The number of aromatic nitrogens is 2. The number of hydrogen-bond acceptors (Lipinski definition) is 3. The fraction of sp³-hybridized carbons (Fsp3) is 0.600. The Balaban J connectivity index is 1.93. The van der Waals surface area contributed by atoms with Crippen LogP contribution in [0.2, 0.25) is 0 Å². The van der Waals surface area contributed by atoms with Crippen LogP contribution in [0.3, 0.4) is 0 Å². The third kappa shape index (κ3) is 2.36. The Labute approximate surface area is 87.9 Å². The minimum Gasteiger partial charge on any atom is -0.391 e. The molecule has 1 fully saturated rings. The molecule has 0 radical (unpaired) electrons. The maximum atomic E-state index is 11.6. The average Bonchev–Trinajstić information content (AvgIpc) is 2.74. The molecule has 5 heteroatoms. The van der Waals surface area contributed by atoms with Crippen molar-refractivity contribution in [2.75, 3.05) is 0 Å². The van der Waals surface area contributed by atoms with Crippen LogP contribution in [-0.4, -0.2) is 33.4 Å². The lowest BCUT2D eigenvalue weighted by molar-refractivity contribution is 0.0717. The van der Waals surface area contributed by atoms with E-state index in [1.807, 2.05) is 0 Å². The van der Waals surface area contributed by atoms with E-state index in [-0.39, 0.29) is 11.9 Å². The van der Waals surface area contributed by atoms with Crippen molar-refractivity contribution in [2.24, 2.45) is 0 Å². The maximum absolute atomic E-state index is 11.6. The van der Waals surface area contributed by atoms with Gasteiger partial charge in [0.2, 0.25) is 0 Å². The first-order chi connectivity index (χ1) is 7.27. The molecule has 2 rings (SSSR count). The molecule has 1 amide bonds. The molecule has 0 bridgehead atoms. The number of hydrogen-bond donors (Lipinski definition) is 3. The second-order valence-electron chi connectivity index (χ2n) is 3.92. The molecule has 1 aliphatic carbocycles. The van der Waals surface area contributed by atoms with E-state index in [0.29, 0.717) is 5.56 Å². The fourth-order valence-electron chi connectivity index (χ4n) is 1.91. The van der Waals surface area contributed by atoms with E-state index < -0.39 is 6.10 Å². The first-order valence-corrected chi connectivity index (χ1v) is 5.25. The van der Waals surface area contributed by atoms with Gasteiger partial charge in [0.1, 0.15) is 0 Å². The van der Waals surface area contributed by atoms with E-state index in [0.717, 1.165) is 25.7 Å². The van der Waals surface area contributed by atoms with E-state index >= 15 is 0 Å². The molecule has 0 aliphatic heterocycles. The summed E-state index contributed by atoms with van der Waals surface area (Å²) in [4.78, 5) is 11.6. The molecule has 0 unspecified atom stereocenters. The monoisotopic (exact) mass is 209 g/mol. The van der Waals surface area contributed by atoms with Crippen molar-refractivity contribution in [1.29, 1.82) is 0 Å². The van der Waals surface area contributed by atoms with Gasteiger partial charge in [0.15, 0.2) is 0 Å². The quantitative estimate of drug-likeness (QED) is 0.661. The third-order valence-electron chi connectivity index (χ3n) is 2.81. The third-order valence-corrected chi connectivity index (χ3v) is 2.81. The van der Waals surface area contributed by atoms with Crippen molar-refractivity contribution >= 4 is 5.91 Å². The standard InChI is InChI=1S/C10H15N3O2/c14-9-4-2-1-3-8(9)13-10(15)7-5-11-12-6-7/h5-6,8-9,14H,1-4H2,(H,11,12)(H,13,15)/t8-,9-/m1/s1. The second kappa shape index (κ2) is 4.44. The summed E-state index contributed by atoms with van der Waals surface area (Å²) in [7, 11) is 0. The number of aromatic amines is 1.